The summed E-state index contributed by atoms with van der Waals surface area (Å²) in [7, 11) is 0. The first-order valence-corrected chi connectivity index (χ1v) is 7.71. The van der Waals surface area contributed by atoms with Gasteiger partial charge in [0.15, 0.2) is 0 Å². The summed E-state index contributed by atoms with van der Waals surface area (Å²) in [4.78, 5) is 28.9. The van der Waals surface area contributed by atoms with Crippen LogP contribution >= 0.6 is 0 Å². The fourth-order valence-electron chi connectivity index (χ4n) is 2.44. The lowest BCUT2D eigenvalue weighted by atomic mass is 10.2. The van der Waals surface area contributed by atoms with Crippen molar-refractivity contribution in [3.63, 3.8) is 0 Å². The molecule has 0 aromatic carbocycles. The standard InChI is InChI=1S/C14H28N4O3/c1-4-16(5-2)7-6-15-14(21)18-10-8-17(9-11-18)12(3)13(19)20/h12H,4-11H2,1-3H3,(H,15,21)(H,19,20). The van der Waals surface area contributed by atoms with Gasteiger partial charge in [0.2, 0.25) is 0 Å². The van der Waals surface area contributed by atoms with E-state index in [4.69, 9.17) is 5.11 Å². The smallest absolute Gasteiger partial charge is 0.320 e. The number of piperazine rings is 1. The Morgan fingerprint density at radius 1 is 1.19 bits per heavy atom. The number of likely N-dealkylation sites (N-methyl/N-ethyl adjacent to an activating group) is 1. The van der Waals surface area contributed by atoms with Crippen LogP contribution in [0.4, 0.5) is 4.79 Å². The number of carbonyl (C=O) groups is 2. The van der Waals surface area contributed by atoms with Gasteiger partial charge < -0.3 is 20.2 Å². The summed E-state index contributed by atoms with van der Waals surface area (Å²) < 4.78 is 0. The molecule has 1 unspecified atom stereocenters. The molecular formula is C14H28N4O3. The Kier molecular flexibility index (Phi) is 7.45. The van der Waals surface area contributed by atoms with Crippen molar-refractivity contribution in [2.24, 2.45) is 0 Å². The molecule has 1 heterocycles. The number of hydrogen-bond acceptors (Lipinski definition) is 4. The first-order valence-electron chi connectivity index (χ1n) is 7.71. The van der Waals surface area contributed by atoms with Gasteiger partial charge >= 0.3 is 12.0 Å². The predicted octanol–water partition coefficient (Wildman–Crippen LogP) is 0.129. The van der Waals surface area contributed by atoms with Gasteiger partial charge in [0.1, 0.15) is 6.04 Å². The minimum atomic E-state index is -0.813. The molecule has 0 spiro atoms. The largest absolute Gasteiger partial charge is 0.480 e. The Labute approximate surface area is 126 Å². The van der Waals surface area contributed by atoms with Crippen LogP contribution in [0.5, 0.6) is 0 Å². The minimum absolute atomic E-state index is 0.0511. The van der Waals surface area contributed by atoms with E-state index in [1.165, 1.54) is 0 Å². The number of carboxylic acid groups (broad SMARTS) is 1. The predicted molar refractivity (Wildman–Crippen MR) is 81.4 cm³/mol. The number of nitrogens with zero attached hydrogens (tertiary/aromatic N) is 3. The number of rotatable bonds is 7. The molecule has 7 heteroatoms. The van der Waals surface area contributed by atoms with Crippen molar-refractivity contribution < 1.29 is 14.7 Å². The molecule has 1 rings (SSSR count). The number of carboxylic acids is 1. The van der Waals surface area contributed by atoms with Crippen molar-refractivity contribution in [1.29, 1.82) is 0 Å². The second kappa shape index (κ2) is 8.84. The van der Waals surface area contributed by atoms with Gasteiger partial charge in [-0.25, -0.2) is 4.79 Å². The number of amides is 2. The molecule has 1 aliphatic rings. The summed E-state index contributed by atoms with van der Waals surface area (Å²) in [6.07, 6.45) is 0. The van der Waals surface area contributed by atoms with E-state index in [1.54, 1.807) is 11.8 Å². The van der Waals surface area contributed by atoms with Crippen molar-refractivity contribution in [3.8, 4) is 0 Å². The molecule has 7 nitrogen and oxygen atoms in total. The first-order chi connectivity index (χ1) is 9.99. The number of hydrogen-bond donors (Lipinski definition) is 2. The third-order valence-electron chi connectivity index (χ3n) is 4.11. The molecule has 2 N–H and O–H groups in total. The Morgan fingerprint density at radius 3 is 2.24 bits per heavy atom. The number of urea groups is 1. The molecule has 0 bridgehead atoms. The van der Waals surface area contributed by atoms with Gasteiger partial charge in [0.25, 0.3) is 0 Å². The van der Waals surface area contributed by atoms with Gasteiger partial charge in [0, 0.05) is 39.3 Å². The highest BCUT2D eigenvalue weighted by molar-refractivity contribution is 5.74. The average Bonchev–Trinajstić information content (AvgIpc) is 2.50. The zero-order chi connectivity index (χ0) is 15.8. The fourth-order valence-corrected chi connectivity index (χ4v) is 2.44. The Hall–Kier alpha value is -1.34. The van der Waals surface area contributed by atoms with Crippen molar-refractivity contribution >= 4 is 12.0 Å². The van der Waals surface area contributed by atoms with Crippen LogP contribution in [0.15, 0.2) is 0 Å². The van der Waals surface area contributed by atoms with E-state index in [0.29, 0.717) is 32.7 Å². The van der Waals surface area contributed by atoms with Crippen molar-refractivity contribution in [2.75, 3.05) is 52.4 Å². The fraction of sp³-hybridized carbons (Fsp3) is 0.857. The summed E-state index contributed by atoms with van der Waals surface area (Å²) in [5, 5.41) is 11.9. The highest BCUT2D eigenvalue weighted by atomic mass is 16.4. The van der Waals surface area contributed by atoms with Crippen LogP contribution in [0.25, 0.3) is 0 Å². The SMILES string of the molecule is CCN(CC)CCNC(=O)N1CCN(C(C)C(=O)O)CC1. The van der Waals surface area contributed by atoms with Crippen LogP contribution in [0.2, 0.25) is 0 Å². The summed E-state index contributed by atoms with van der Waals surface area (Å²) in [5.74, 6) is -0.813. The van der Waals surface area contributed by atoms with Crippen molar-refractivity contribution in [3.05, 3.63) is 0 Å². The van der Waals surface area contributed by atoms with Crippen LogP contribution in [0.1, 0.15) is 20.8 Å². The van der Waals surface area contributed by atoms with E-state index >= 15 is 0 Å². The number of aliphatic carboxylic acids is 1. The molecule has 122 valence electrons. The highest BCUT2D eigenvalue weighted by Crippen LogP contribution is 2.06. The average molecular weight is 300 g/mol. The molecule has 0 saturated carbocycles. The van der Waals surface area contributed by atoms with Gasteiger partial charge in [0.05, 0.1) is 0 Å². The molecule has 1 atom stereocenters. The molecule has 2 amide bonds. The molecule has 0 aliphatic carbocycles. The van der Waals surface area contributed by atoms with Crippen LogP contribution < -0.4 is 5.32 Å². The maximum absolute atomic E-state index is 12.0. The van der Waals surface area contributed by atoms with E-state index in [-0.39, 0.29) is 6.03 Å². The zero-order valence-corrected chi connectivity index (χ0v) is 13.3. The molecular weight excluding hydrogens is 272 g/mol. The lowest BCUT2D eigenvalue weighted by Gasteiger charge is -2.36. The Balaban J connectivity index is 2.27. The quantitative estimate of drug-likeness (QED) is 0.699. The summed E-state index contributed by atoms with van der Waals surface area (Å²) in [6, 6.07) is -0.539. The lowest BCUT2D eigenvalue weighted by molar-refractivity contribution is -0.143. The second-order valence-corrected chi connectivity index (χ2v) is 5.30. The lowest BCUT2D eigenvalue weighted by Crippen LogP contribution is -2.55. The van der Waals surface area contributed by atoms with E-state index < -0.39 is 12.0 Å². The van der Waals surface area contributed by atoms with Crippen molar-refractivity contribution in [2.45, 2.75) is 26.8 Å². The van der Waals surface area contributed by atoms with Crippen LogP contribution in [0, 0.1) is 0 Å². The first kappa shape index (κ1) is 17.7. The minimum Gasteiger partial charge on any atom is -0.480 e. The second-order valence-electron chi connectivity index (χ2n) is 5.30. The van der Waals surface area contributed by atoms with Gasteiger partial charge in [-0.05, 0) is 20.0 Å². The monoisotopic (exact) mass is 300 g/mol. The van der Waals surface area contributed by atoms with Gasteiger partial charge in [-0.15, -0.1) is 0 Å². The van der Waals surface area contributed by atoms with E-state index in [2.05, 4.69) is 24.1 Å². The summed E-state index contributed by atoms with van der Waals surface area (Å²) in [6.45, 7) is 11.7. The normalized spacial score (nSPS) is 17.8. The maximum atomic E-state index is 12.0. The van der Waals surface area contributed by atoms with Crippen LogP contribution in [-0.4, -0.2) is 90.2 Å². The van der Waals surface area contributed by atoms with E-state index in [0.717, 1.165) is 19.6 Å². The molecule has 0 radical (unpaired) electrons. The molecule has 21 heavy (non-hydrogen) atoms. The summed E-state index contributed by atoms with van der Waals surface area (Å²) >= 11 is 0. The maximum Gasteiger partial charge on any atom is 0.320 e. The molecule has 0 aromatic rings. The number of nitrogens with one attached hydrogen (secondary N) is 1. The third kappa shape index (κ3) is 5.51. The summed E-state index contributed by atoms with van der Waals surface area (Å²) in [5.41, 5.74) is 0. The highest BCUT2D eigenvalue weighted by Gasteiger charge is 2.26. The molecule has 0 aromatic heterocycles. The molecule has 1 saturated heterocycles. The van der Waals surface area contributed by atoms with Gasteiger partial charge in [-0.2, -0.15) is 0 Å². The Bertz CT molecular complexity index is 339. The third-order valence-corrected chi connectivity index (χ3v) is 4.11. The van der Waals surface area contributed by atoms with Crippen LogP contribution in [0.3, 0.4) is 0 Å². The Morgan fingerprint density at radius 2 is 1.76 bits per heavy atom. The topological polar surface area (TPSA) is 76.1 Å². The van der Waals surface area contributed by atoms with Crippen molar-refractivity contribution in [1.82, 2.24) is 20.0 Å². The van der Waals surface area contributed by atoms with Gasteiger partial charge in [-0.1, -0.05) is 13.8 Å². The number of carbonyl (C=O) groups excluding carboxylic acids is 1. The zero-order valence-electron chi connectivity index (χ0n) is 13.3. The molecule has 1 fully saturated rings. The van der Waals surface area contributed by atoms with Crippen LogP contribution in [-0.2, 0) is 4.79 Å². The van der Waals surface area contributed by atoms with Gasteiger partial charge in [-0.3, -0.25) is 9.69 Å². The van der Waals surface area contributed by atoms with E-state index in [9.17, 15) is 9.59 Å². The van der Waals surface area contributed by atoms with E-state index in [1.807, 2.05) is 4.90 Å². The molecule has 1 aliphatic heterocycles.